The number of amides is 1. The van der Waals surface area contributed by atoms with Crippen LogP contribution in [0.4, 0.5) is 5.95 Å². The summed E-state index contributed by atoms with van der Waals surface area (Å²) in [7, 11) is 0. The lowest BCUT2D eigenvalue weighted by atomic mass is 10.1. The van der Waals surface area contributed by atoms with E-state index in [0.717, 1.165) is 17.8 Å². The van der Waals surface area contributed by atoms with E-state index in [0.29, 0.717) is 29.1 Å². The second kappa shape index (κ2) is 8.09. The van der Waals surface area contributed by atoms with Crippen LogP contribution >= 0.6 is 11.6 Å². The fourth-order valence-corrected chi connectivity index (χ4v) is 2.44. The number of hydrogen-bond acceptors (Lipinski definition) is 6. The Balaban J connectivity index is 1.52. The van der Waals surface area contributed by atoms with Crippen LogP contribution in [-0.4, -0.2) is 31.2 Å². The van der Waals surface area contributed by atoms with E-state index in [1.807, 2.05) is 12.1 Å². The molecule has 26 heavy (non-hydrogen) atoms. The third-order valence-electron chi connectivity index (χ3n) is 3.52. The van der Waals surface area contributed by atoms with Gasteiger partial charge in [0, 0.05) is 29.8 Å². The molecule has 2 N–H and O–H groups in total. The van der Waals surface area contributed by atoms with E-state index in [1.54, 1.807) is 12.1 Å². The third kappa shape index (κ3) is 4.89. The van der Waals surface area contributed by atoms with E-state index in [9.17, 15) is 4.79 Å². The molecule has 0 spiro atoms. The fourth-order valence-electron chi connectivity index (χ4n) is 2.31. The van der Waals surface area contributed by atoms with Crippen molar-refractivity contribution in [2.75, 3.05) is 5.32 Å². The smallest absolute Gasteiger partial charge is 0.248 e. The van der Waals surface area contributed by atoms with Gasteiger partial charge in [0.25, 0.3) is 0 Å². The van der Waals surface area contributed by atoms with E-state index >= 15 is 0 Å². The van der Waals surface area contributed by atoms with Crippen molar-refractivity contribution in [3.05, 3.63) is 41.0 Å². The van der Waals surface area contributed by atoms with Crippen LogP contribution in [-0.2, 0) is 17.6 Å². The Bertz CT molecular complexity index is 872. The first-order valence-corrected chi connectivity index (χ1v) is 8.67. The molecule has 0 fully saturated rings. The zero-order valence-corrected chi connectivity index (χ0v) is 15.2. The maximum atomic E-state index is 12.0. The summed E-state index contributed by atoms with van der Waals surface area (Å²) >= 11 is 5.86. The summed E-state index contributed by atoms with van der Waals surface area (Å²) in [6.07, 6.45) is 1.30. The molecule has 0 aliphatic rings. The molecular weight excluding hydrogens is 356 g/mol. The zero-order chi connectivity index (χ0) is 18.5. The van der Waals surface area contributed by atoms with E-state index in [-0.39, 0.29) is 18.3 Å². The van der Waals surface area contributed by atoms with Crippen molar-refractivity contribution < 1.29 is 9.32 Å². The topological polar surface area (TPSA) is 110 Å². The number of nitrogens with zero attached hydrogens (tertiary/aromatic N) is 4. The minimum absolute atomic E-state index is 0.191. The fraction of sp³-hybridized carbons (Fsp3) is 0.353. The molecule has 0 radical (unpaired) electrons. The lowest BCUT2D eigenvalue weighted by Gasteiger charge is -1.99. The standard InChI is InChI=1S/C17H19ClN6O2/c1-10(2)9-13-19-17(23-22-13)20-14(25)7-8-15-21-16(24-26-15)11-3-5-12(18)6-4-11/h3-6,10H,7-9H2,1-2H3,(H2,19,20,22,23,25). The van der Waals surface area contributed by atoms with Crippen molar-refractivity contribution in [3.63, 3.8) is 0 Å². The summed E-state index contributed by atoms with van der Waals surface area (Å²) in [5, 5.41) is 14.0. The number of aromatic amines is 1. The van der Waals surface area contributed by atoms with E-state index < -0.39 is 0 Å². The molecular formula is C17H19ClN6O2. The van der Waals surface area contributed by atoms with Crippen molar-refractivity contribution in [2.45, 2.75) is 33.1 Å². The first kappa shape index (κ1) is 18.1. The molecule has 0 unspecified atom stereocenters. The van der Waals surface area contributed by atoms with Gasteiger partial charge in [-0.2, -0.15) is 9.97 Å². The van der Waals surface area contributed by atoms with Crippen LogP contribution in [0.1, 0.15) is 32.0 Å². The van der Waals surface area contributed by atoms with Gasteiger partial charge in [-0.1, -0.05) is 30.6 Å². The number of aromatic nitrogens is 5. The molecule has 3 aromatic rings. The second-order valence-corrected chi connectivity index (χ2v) is 6.71. The molecule has 8 nitrogen and oxygen atoms in total. The van der Waals surface area contributed by atoms with Gasteiger partial charge in [0.15, 0.2) is 0 Å². The predicted octanol–water partition coefficient (Wildman–Crippen LogP) is 3.28. The van der Waals surface area contributed by atoms with Crippen molar-refractivity contribution >= 4 is 23.5 Å². The number of carbonyl (C=O) groups excluding carboxylic acids is 1. The van der Waals surface area contributed by atoms with Crippen LogP contribution in [0.25, 0.3) is 11.4 Å². The number of carbonyl (C=O) groups is 1. The Labute approximate surface area is 155 Å². The largest absolute Gasteiger partial charge is 0.339 e. The van der Waals surface area contributed by atoms with E-state index in [2.05, 4.69) is 44.5 Å². The summed E-state index contributed by atoms with van der Waals surface area (Å²) in [6, 6.07) is 7.12. The minimum Gasteiger partial charge on any atom is -0.339 e. The van der Waals surface area contributed by atoms with Crippen molar-refractivity contribution in [1.29, 1.82) is 0 Å². The number of H-pyrrole nitrogens is 1. The molecule has 9 heteroatoms. The van der Waals surface area contributed by atoms with Crippen LogP contribution in [0, 0.1) is 5.92 Å². The van der Waals surface area contributed by atoms with Crippen LogP contribution in [0.3, 0.4) is 0 Å². The van der Waals surface area contributed by atoms with Gasteiger partial charge in [0.2, 0.25) is 23.6 Å². The summed E-state index contributed by atoms with van der Waals surface area (Å²) < 4.78 is 5.19. The van der Waals surface area contributed by atoms with Gasteiger partial charge in [-0.15, -0.1) is 5.10 Å². The molecule has 0 atom stereocenters. The Morgan fingerprint density at radius 1 is 1.27 bits per heavy atom. The number of anilines is 1. The SMILES string of the molecule is CC(C)Cc1nc(NC(=O)CCc2nc(-c3ccc(Cl)cc3)no2)n[nH]1. The number of hydrogen-bond donors (Lipinski definition) is 2. The highest BCUT2D eigenvalue weighted by Crippen LogP contribution is 2.19. The van der Waals surface area contributed by atoms with Crippen molar-refractivity contribution in [2.24, 2.45) is 5.92 Å². The first-order valence-electron chi connectivity index (χ1n) is 8.29. The van der Waals surface area contributed by atoms with Crippen LogP contribution in [0.15, 0.2) is 28.8 Å². The van der Waals surface area contributed by atoms with Crippen molar-refractivity contribution in [3.8, 4) is 11.4 Å². The van der Waals surface area contributed by atoms with Gasteiger partial charge < -0.3 is 4.52 Å². The summed E-state index contributed by atoms with van der Waals surface area (Å²) in [5.74, 6) is 2.12. The van der Waals surface area contributed by atoms with Crippen molar-refractivity contribution in [1.82, 2.24) is 25.3 Å². The van der Waals surface area contributed by atoms with Crippen LogP contribution in [0.2, 0.25) is 5.02 Å². The Morgan fingerprint density at radius 3 is 2.77 bits per heavy atom. The van der Waals surface area contributed by atoms with Gasteiger partial charge in [0.1, 0.15) is 5.82 Å². The lowest BCUT2D eigenvalue weighted by Crippen LogP contribution is -2.13. The number of aryl methyl sites for hydroxylation is 1. The van der Waals surface area contributed by atoms with Gasteiger partial charge in [-0.25, -0.2) is 0 Å². The van der Waals surface area contributed by atoms with Gasteiger partial charge in [0.05, 0.1) is 0 Å². The summed E-state index contributed by atoms with van der Waals surface area (Å²) in [5.41, 5.74) is 0.798. The molecule has 0 saturated carbocycles. The summed E-state index contributed by atoms with van der Waals surface area (Å²) in [4.78, 5) is 20.5. The highest BCUT2D eigenvalue weighted by atomic mass is 35.5. The molecule has 0 aliphatic carbocycles. The lowest BCUT2D eigenvalue weighted by molar-refractivity contribution is -0.116. The molecule has 1 amide bonds. The Kier molecular flexibility index (Phi) is 5.62. The molecule has 136 valence electrons. The van der Waals surface area contributed by atoms with E-state index in [1.165, 1.54) is 0 Å². The quantitative estimate of drug-likeness (QED) is 0.656. The molecule has 0 aliphatic heterocycles. The van der Waals surface area contributed by atoms with Gasteiger partial charge in [-0.05, 0) is 30.2 Å². The second-order valence-electron chi connectivity index (χ2n) is 6.27. The van der Waals surface area contributed by atoms with E-state index in [4.69, 9.17) is 16.1 Å². The maximum absolute atomic E-state index is 12.0. The Hall–Kier alpha value is -2.74. The first-order chi connectivity index (χ1) is 12.5. The molecule has 2 aromatic heterocycles. The highest BCUT2D eigenvalue weighted by Gasteiger charge is 2.12. The molecule has 1 aromatic carbocycles. The average Bonchev–Trinajstić information content (AvgIpc) is 3.23. The number of nitrogens with one attached hydrogen (secondary N) is 2. The van der Waals surface area contributed by atoms with Crippen LogP contribution in [0.5, 0.6) is 0 Å². The monoisotopic (exact) mass is 374 g/mol. The maximum Gasteiger partial charge on any atom is 0.248 e. The Morgan fingerprint density at radius 2 is 2.04 bits per heavy atom. The summed E-state index contributed by atoms with van der Waals surface area (Å²) in [6.45, 7) is 4.17. The minimum atomic E-state index is -0.216. The van der Waals surface area contributed by atoms with Gasteiger partial charge in [-0.3, -0.25) is 15.2 Å². The number of rotatable bonds is 7. The number of benzene rings is 1. The number of halogens is 1. The molecule has 0 bridgehead atoms. The highest BCUT2D eigenvalue weighted by molar-refractivity contribution is 6.30. The third-order valence-corrected chi connectivity index (χ3v) is 3.77. The predicted molar refractivity (Wildman–Crippen MR) is 96.6 cm³/mol. The molecule has 3 rings (SSSR count). The normalized spacial score (nSPS) is 11.1. The van der Waals surface area contributed by atoms with Crippen LogP contribution < -0.4 is 5.32 Å². The zero-order valence-electron chi connectivity index (χ0n) is 14.5. The molecule has 2 heterocycles. The molecule has 0 saturated heterocycles. The average molecular weight is 375 g/mol. The van der Waals surface area contributed by atoms with Gasteiger partial charge >= 0.3 is 0 Å².